The van der Waals surface area contributed by atoms with Crippen LogP contribution in [-0.2, 0) is 5.88 Å². The number of aromatic nitrogens is 2. The van der Waals surface area contributed by atoms with Gasteiger partial charge in [-0.25, -0.2) is 4.98 Å². The van der Waals surface area contributed by atoms with Gasteiger partial charge in [0.05, 0.1) is 17.3 Å². The first-order chi connectivity index (χ1) is 8.69. The third kappa shape index (κ3) is 1.92. The Morgan fingerprint density at radius 3 is 2.67 bits per heavy atom. The van der Waals surface area contributed by atoms with Gasteiger partial charge in [0.15, 0.2) is 4.96 Å². The van der Waals surface area contributed by atoms with Crippen molar-refractivity contribution in [3.8, 4) is 11.3 Å². The molecule has 18 heavy (non-hydrogen) atoms. The molecule has 0 saturated heterocycles. The number of hydrogen-bond acceptors (Lipinski definition) is 2. The summed E-state index contributed by atoms with van der Waals surface area (Å²) in [7, 11) is 0. The number of alkyl halides is 1. The second-order valence-corrected chi connectivity index (χ2v) is 5.92. The quantitative estimate of drug-likeness (QED) is 0.623. The predicted molar refractivity (Wildman–Crippen MR) is 77.8 cm³/mol. The Kier molecular flexibility index (Phi) is 3.06. The highest BCUT2D eigenvalue weighted by molar-refractivity contribution is 7.17. The molecule has 5 heteroatoms. The summed E-state index contributed by atoms with van der Waals surface area (Å²) in [5.74, 6) is 0.438. The third-order valence-corrected chi connectivity index (χ3v) is 4.29. The van der Waals surface area contributed by atoms with Crippen LogP contribution in [0.15, 0.2) is 30.5 Å². The summed E-state index contributed by atoms with van der Waals surface area (Å²) in [6.07, 6.45) is 2.00. The number of fused-ring (bicyclic) bond motifs is 1. The van der Waals surface area contributed by atoms with E-state index in [1.807, 2.05) is 30.5 Å². The monoisotopic (exact) mass is 296 g/mol. The van der Waals surface area contributed by atoms with Crippen molar-refractivity contribution in [1.82, 2.24) is 9.38 Å². The summed E-state index contributed by atoms with van der Waals surface area (Å²) in [6.45, 7) is 2.10. The minimum Gasteiger partial charge on any atom is -0.290 e. The summed E-state index contributed by atoms with van der Waals surface area (Å²) in [5, 5.41) is 0.745. The second-order valence-electron chi connectivity index (χ2n) is 4.03. The van der Waals surface area contributed by atoms with E-state index >= 15 is 0 Å². The molecular weight excluding hydrogens is 287 g/mol. The third-order valence-electron chi connectivity index (χ3n) is 2.80. The number of thiazole rings is 1. The van der Waals surface area contributed by atoms with Crippen molar-refractivity contribution in [3.05, 3.63) is 46.1 Å². The van der Waals surface area contributed by atoms with Crippen molar-refractivity contribution >= 4 is 39.5 Å². The summed E-state index contributed by atoms with van der Waals surface area (Å²) in [5.41, 5.74) is 3.20. The maximum absolute atomic E-state index is 5.92. The lowest BCUT2D eigenvalue weighted by atomic mass is 10.1. The van der Waals surface area contributed by atoms with Gasteiger partial charge in [0.1, 0.15) is 0 Å². The van der Waals surface area contributed by atoms with E-state index in [1.165, 1.54) is 4.88 Å². The van der Waals surface area contributed by atoms with Crippen LogP contribution >= 0.6 is 34.5 Å². The molecule has 2 heterocycles. The van der Waals surface area contributed by atoms with E-state index in [1.54, 1.807) is 11.3 Å². The van der Waals surface area contributed by atoms with Crippen molar-refractivity contribution in [2.24, 2.45) is 0 Å². The van der Waals surface area contributed by atoms with Crippen LogP contribution in [-0.4, -0.2) is 9.38 Å². The fourth-order valence-electron chi connectivity index (χ4n) is 2.01. The SMILES string of the molecule is Cc1sc2nc(CCl)cn2c1-c1ccc(Cl)cc1. The molecule has 1 aromatic carbocycles. The van der Waals surface area contributed by atoms with E-state index in [9.17, 15) is 0 Å². The lowest BCUT2D eigenvalue weighted by Crippen LogP contribution is -1.86. The molecule has 0 aliphatic heterocycles. The zero-order valence-electron chi connectivity index (χ0n) is 9.65. The maximum Gasteiger partial charge on any atom is 0.194 e. The minimum absolute atomic E-state index is 0.438. The van der Waals surface area contributed by atoms with Crippen LogP contribution in [0.25, 0.3) is 16.2 Å². The van der Waals surface area contributed by atoms with Gasteiger partial charge in [-0.15, -0.1) is 22.9 Å². The van der Waals surface area contributed by atoms with Crippen molar-refractivity contribution in [2.75, 3.05) is 0 Å². The lowest BCUT2D eigenvalue weighted by molar-refractivity contribution is 1.20. The van der Waals surface area contributed by atoms with Crippen molar-refractivity contribution in [2.45, 2.75) is 12.8 Å². The normalized spacial score (nSPS) is 11.3. The zero-order valence-corrected chi connectivity index (χ0v) is 12.0. The summed E-state index contributed by atoms with van der Waals surface area (Å²) < 4.78 is 2.10. The summed E-state index contributed by atoms with van der Waals surface area (Å²) in [4.78, 5) is 6.70. The number of halogens is 2. The number of aryl methyl sites for hydroxylation is 1. The van der Waals surface area contributed by atoms with Crippen LogP contribution in [0.5, 0.6) is 0 Å². The molecule has 92 valence electrons. The van der Waals surface area contributed by atoms with E-state index in [4.69, 9.17) is 23.2 Å². The smallest absolute Gasteiger partial charge is 0.194 e. The van der Waals surface area contributed by atoms with Crippen molar-refractivity contribution in [3.63, 3.8) is 0 Å². The Labute approximate surface area is 119 Å². The highest BCUT2D eigenvalue weighted by Crippen LogP contribution is 2.32. The maximum atomic E-state index is 5.92. The van der Waals surface area contributed by atoms with Gasteiger partial charge < -0.3 is 0 Å². The highest BCUT2D eigenvalue weighted by Gasteiger charge is 2.13. The summed E-state index contributed by atoms with van der Waals surface area (Å²) in [6, 6.07) is 7.85. The average molecular weight is 297 g/mol. The molecule has 0 aliphatic carbocycles. The molecule has 0 unspecified atom stereocenters. The van der Waals surface area contributed by atoms with Gasteiger partial charge in [-0.05, 0) is 24.6 Å². The van der Waals surface area contributed by atoms with Gasteiger partial charge in [0.25, 0.3) is 0 Å². The van der Waals surface area contributed by atoms with E-state index in [-0.39, 0.29) is 0 Å². The van der Waals surface area contributed by atoms with Gasteiger partial charge in [-0.3, -0.25) is 4.40 Å². The number of benzene rings is 1. The van der Waals surface area contributed by atoms with E-state index < -0.39 is 0 Å². The first-order valence-electron chi connectivity index (χ1n) is 5.48. The van der Waals surface area contributed by atoms with Gasteiger partial charge >= 0.3 is 0 Å². The molecule has 0 spiro atoms. The fraction of sp³-hybridized carbons (Fsp3) is 0.154. The molecule has 0 fully saturated rings. The second kappa shape index (κ2) is 4.57. The van der Waals surface area contributed by atoms with Crippen molar-refractivity contribution in [1.29, 1.82) is 0 Å². The van der Waals surface area contributed by atoms with Crippen LogP contribution in [0.4, 0.5) is 0 Å². The Morgan fingerprint density at radius 1 is 1.28 bits per heavy atom. The van der Waals surface area contributed by atoms with Crippen LogP contribution < -0.4 is 0 Å². The highest BCUT2D eigenvalue weighted by atomic mass is 35.5. The molecule has 0 radical (unpaired) electrons. The predicted octanol–water partition coefficient (Wildman–Crippen LogP) is 4.76. The molecule has 0 aliphatic rings. The molecule has 3 rings (SSSR count). The largest absolute Gasteiger partial charge is 0.290 e. The molecule has 2 nitrogen and oxygen atoms in total. The van der Waals surface area contributed by atoms with E-state index in [2.05, 4.69) is 16.3 Å². The molecule has 2 aromatic heterocycles. The number of hydrogen-bond donors (Lipinski definition) is 0. The summed E-state index contributed by atoms with van der Waals surface area (Å²) >= 11 is 13.4. The van der Waals surface area contributed by atoms with Gasteiger partial charge in [0, 0.05) is 16.1 Å². The lowest BCUT2D eigenvalue weighted by Gasteiger charge is -2.02. The molecule has 0 bridgehead atoms. The zero-order chi connectivity index (χ0) is 12.7. The Bertz CT molecular complexity index is 698. The van der Waals surface area contributed by atoms with E-state index in [0.29, 0.717) is 5.88 Å². The number of imidazole rings is 1. The average Bonchev–Trinajstić information content (AvgIpc) is 2.87. The van der Waals surface area contributed by atoms with Gasteiger partial charge in [0.2, 0.25) is 0 Å². The number of nitrogens with zero attached hydrogens (tertiary/aromatic N) is 2. The van der Waals surface area contributed by atoms with E-state index in [0.717, 1.165) is 26.9 Å². The standard InChI is InChI=1S/C13H10Cl2N2S/c1-8-12(9-2-4-10(15)5-3-9)17-7-11(6-14)16-13(17)18-8/h2-5,7H,6H2,1H3. The fourth-order valence-corrected chi connectivity index (χ4v) is 3.26. The molecule has 0 amide bonds. The molecule has 0 atom stereocenters. The number of rotatable bonds is 2. The topological polar surface area (TPSA) is 17.3 Å². The Morgan fingerprint density at radius 2 is 2.00 bits per heavy atom. The van der Waals surface area contributed by atoms with Gasteiger partial charge in [-0.2, -0.15) is 0 Å². The van der Waals surface area contributed by atoms with Crippen molar-refractivity contribution < 1.29 is 0 Å². The molecule has 3 aromatic rings. The van der Waals surface area contributed by atoms with Gasteiger partial charge in [-0.1, -0.05) is 23.7 Å². The van der Waals surface area contributed by atoms with Crippen LogP contribution in [0.3, 0.4) is 0 Å². The Balaban J connectivity index is 2.23. The molecule has 0 N–H and O–H groups in total. The van der Waals surface area contributed by atoms with Crippen LogP contribution in [0.2, 0.25) is 5.02 Å². The first-order valence-corrected chi connectivity index (χ1v) is 7.21. The minimum atomic E-state index is 0.438. The first kappa shape index (κ1) is 12.0. The Hall–Kier alpha value is -1.03. The molecule has 0 saturated carbocycles. The molecular formula is C13H10Cl2N2S. The van der Waals surface area contributed by atoms with Crippen LogP contribution in [0, 0.1) is 6.92 Å². The van der Waals surface area contributed by atoms with Crippen LogP contribution in [0.1, 0.15) is 10.6 Å².